The summed E-state index contributed by atoms with van der Waals surface area (Å²) in [6, 6.07) is 3.52. The van der Waals surface area contributed by atoms with Crippen LogP contribution in [0.3, 0.4) is 0 Å². The maximum absolute atomic E-state index is 11.5. The number of nitrogens with zero attached hydrogens (tertiary/aromatic N) is 1. The lowest BCUT2D eigenvalue weighted by atomic mass is 10.1. The largest absolute Gasteiger partial charge is 0.388 e. The van der Waals surface area contributed by atoms with Crippen LogP contribution in [0.2, 0.25) is 0 Å². The van der Waals surface area contributed by atoms with Crippen molar-refractivity contribution in [3.05, 3.63) is 29.6 Å². The van der Waals surface area contributed by atoms with Crippen molar-refractivity contribution in [1.29, 1.82) is 0 Å². The summed E-state index contributed by atoms with van der Waals surface area (Å²) in [5.74, 6) is 0.0483. The Bertz CT molecular complexity index is 335. The van der Waals surface area contributed by atoms with Crippen LogP contribution < -0.4 is 0 Å². The molecule has 68 valence electrons. The summed E-state index contributed by atoms with van der Waals surface area (Å²) in [6.07, 6.45) is 2.98. The van der Waals surface area contributed by atoms with Gasteiger partial charge in [0.25, 0.3) is 0 Å². The van der Waals surface area contributed by atoms with Crippen LogP contribution in [0.15, 0.2) is 18.3 Å². The van der Waals surface area contributed by atoms with Crippen molar-refractivity contribution in [2.45, 2.75) is 25.4 Å². The Morgan fingerprint density at radius 2 is 2.38 bits per heavy atom. The maximum Gasteiger partial charge on any atom is 0.181 e. The predicted molar refractivity (Wildman–Crippen MR) is 47.4 cm³/mol. The van der Waals surface area contributed by atoms with E-state index in [-0.39, 0.29) is 5.78 Å². The monoisotopic (exact) mass is 177 g/mol. The first-order chi connectivity index (χ1) is 6.29. The lowest BCUT2D eigenvalue weighted by molar-refractivity contribution is 0.0977. The Kier molecular flexibility index (Phi) is 2.10. The Hall–Kier alpha value is -1.22. The van der Waals surface area contributed by atoms with Gasteiger partial charge < -0.3 is 5.11 Å². The van der Waals surface area contributed by atoms with Gasteiger partial charge in [0, 0.05) is 18.2 Å². The third-order valence-electron chi connectivity index (χ3n) is 2.34. The molecule has 0 amide bonds. The lowest BCUT2D eigenvalue weighted by Crippen LogP contribution is -2.05. The fourth-order valence-electron chi connectivity index (χ4n) is 1.65. The number of carbonyl (C=O) groups is 1. The van der Waals surface area contributed by atoms with Crippen molar-refractivity contribution in [2.75, 3.05) is 0 Å². The Labute approximate surface area is 76.4 Å². The van der Waals surface area contributed by atoms with Crippen LogP contribution in [-0.2, 0) is 0 Å². The van der Waals surface area contributed by atoms with E-state index >= 15 is 0 Å². The van der Waals surface area contributed by atoms with Crippen LogP contribution in [0, 0.1) is 0 Å². The minimum atomic E-state index is -0.518. The molecule has 1 heterocycles. The summed E-state index contributed by atoms with van der Waals surface area (Å²) >= 11 is 0. The highest BCUT2D eigenvalue weighted by molar-refractivity contribution is 5.95. The number of hydrogen-bond donors (Lipinski definition) is 1. The third kappa shape index (κ3) is 1.47. The van der Waals surface area contributed by atoms with Crippen molar-refractivity contribution in [1.82, 2.24) is 4.98 Å². The van der Waals surface area contributed by atoms with Gasteiger partial charge in [-0.15, -0.1) is 0 Å². The topological polar surface area (TPSA) is 50.2 Å². The molecule has 13 heavy (non-hydrogen) atoms. The first kappa shape index (κ1) is 8.38. The van der Waals surface area contributed by atoms with Gasteiger partial charge in [-0.2, -0.15) is 0 Å². The van der Waals surface area contributed by atoms with Gasteiger partial charge in [-0.3, -0.25) is 9.78 Å². The summed E-state index contributed by atoms with van der Waals surface area (Å²) in [7, 11) is 0. The fraction of sp³-hybridized carbons (Fsp3) is 0.400. The second-order valence-corrected chi connectivity index (χ2v) is 3.27. The molecule has 1 atom stereocenters. The second kappa shape index (κ2) is 3.26. The molecule has 0 saturated carbocycles. The Morgan fingerprint density at radius 3 is 3.23 bits per heavy atom. The number of pyridine rings is 1. The van der Waals surface area contributed by atoms with E-state index in [9.17, 15) is 9.90 Å². The summed E-state index contributed by atoms with van der Waals surface area (Å²) in [6.45, 7) is 0. The zero-order chi connectivity index (χ0) is 9.26. The quantitative estimate of drug-likeness (QED) is 0.611. The fourth-order valence-corrected chi connectivity index (χ4v) is 1.65. The van der Waals surface area contributed by atoms with Gasteiger partial charge in [-0.1, -0.05) is 6.07 Å². The second-order valence-electron chi connectivity index (χ2n) is 3.27. The number of Topliss-reactive ketones (excluding diaryl/α,β-unsaturated/α-hetero) is 1. The molecule has 1 aromatic heterocycles. The first-order valence-corrected chi connectivity index (χ1v) is 4.45. The summed E-state index contributed by atoms with van der Waals surface area (Å²) in [5.41, 5.74) is 1.14. The molecular weight excluding hydrogens is 166 g/mol. The van der Waals surface area contributed by atoms with E-state index in [4.69, 9.17) is 0 Å². The number of carbonyl (C=O) groups excluding carboxylic acids is 1. The van der Waals surface area contributed by atoms with E-state index < -0.39 is 6.10 Å². The van der Waals surface area contributed by atoms with Gasteiger partial charge in [-0.05, 0) is 18.9 Å². The molecule has 3 nitrogen and oxygen atoms in total. The number of hydrogen-bond acceptors (Lipinski definition) is 3. The van der Waals surface area contributed by atoms with Crippen molar-refractivity contribution in [3.8, 4) is 0 Å². The molecule has 0 saturated heterocycles. The van der Waals surface area contributed by atoms with Crippen LogP contribution in [0.5, 0.6) is 0 Å². The molecule has 0 bridgehead atoms. The molecule has 2 rings (SSSR count). The smallest absolute Gasteiger partial charge is 0.181 e. The Balaban J connectivity index is 2.51. The molecule has 0 fully saturated rings. The van der Waals surface area contributed by atoms with Gasteiger partial charge in [0.1, 0.15) is 5.69 Å². The zero-order valence-electron chi connectivity index (χ0n) is 7.23. The molecule has 1 N–H and O–H groups in total. The molecule has 0 aromatic carbocycles. The maximum atomic E-state index is 11.5. The van der Waals surface area contributed by atoms with E-state index in [1.807, 2.05) is 0 Å². The van der Waals surface area contributed by atoms with Crippen LogP contribution in [0.1, 0.15) is 41.4 Å². The number of ketones is 1. The molecule has 1 aliphatic carbocycles. The molecule has 1 aliphatic rings. The van der Waals surface area contributed by atoms with Crippen molar-refractivity contribution < 1.29 is 9.90 Å². The SMILES string of the molecule is O=C1CCCC(O)c2cccnc21. The van der Waals surface area contributed by atoms with Gasteiger partial charge in [0.2, 0.25) is 0 Å². The zero-order valence-corrected chi connectivity index (χ0v) is 7.23. The number of aromatic nitrogens is 1. The average Bonchev–Trinajstić information content (AvgIpc) is 2.29. The highest BCUT2D eigenvalue weighted by Crippen LogP contribution is 2.26. The van der Waals surface area contributed by atoms with E-state index in [2.05, 4.69) is 4.98 Å². The highest BCUT2D eigenvalue weighted by Gasteiger charge is 2.21. The lowest BCUT2D eigenvalue weighted by Gasteiger charge is -2.08. The van der Waals surface area contributed by atoms with Gasteiger partial charge in [-0.25, -0.2) is 0 Å². The number of aliphatic hydroxyl groups excluding tert-OH is 1. The van der Waals surface area contributed by atoms with Crippen LogP contribution >= 0.6 is 0 Å². The predicted octanol–water partition coefficient (Wildman–Crippen LogP) is 1.48. The number of aliphatic hydroxyl groups is 1. The molecule has 0 spiro atoms. The van der Waals surface area contributed by atoms with Crippen molar-refractivity contribution in [3.63, 3.8) is 0 Å². The summed E-state index contributed by atoms with van der Waals surface area (Å²) < 4.78 is 0. The van der Waals surface area contributed by atoms with Crippen LogP contribution in [-0.4, -0.2) is 15.9 Å². The molecule has 1 aromatic rings. The summed E-state index contributed by atoms with van der Waals surface area (Å²) in [5, 5.41) is 9.67. The minimum Gasteiger partial charge on any atom is -0.388 e. The third-order valence-corrected chi connectivity index (χ3v) is 2.34. The molecule has 0 radical (unpaired) electrons. The molecule has 3 heteroatoms. The van der Waals surface area contributed by atoms with Gasteiger partial charge >= 0.3 is 0 Å². The standard InChI is InChI=1S/C10H11NO2/c12-8-4-1-5-9(13)10-7(8)3-2-6-11-10/h2-3,6,8,12H,1,4-5H2. The van der Waals surface area contributed by atoms with Crippen LogP contribution in [0.25, 0.3) is 0 Å². The van der Waals surface area contributed by atoms with E-state index in [1.54, 1.807) is 18.3 Å². The Morgan fingerprint density at radius 1 is 1.54 bits per heavy atom. The minimum absolute atomic E-state index is 0.0483. The molecule has 1 unspecified atom stereocenters. The number of fused-ring (bicyclic) bond motifs is 1. The highest BCUT2D eigenvalue weighted by atomic mass is 16.3. The van der Waals surface area contributed by atoms with E-state index in [0.717, 1.165) is 6.42 Å². The van der Waals surface area contributed by atoms with Crippen molar-refractivity contribution in [2.24, 2.45) is 0 Å². The van der Waals surface area contributed by atoms with Crippen molar-refractivity contribution >= 4 is 5.78 Å². The van der Waals surface area contributed by atoms with Gasteiger partial charge in [0.15, 0.2) is 5.78 Å². The average molecular weight is 177 g/mol. The number of rotatable bonds is 0. The van der Waals surface area contributed by atoms with Gasteiger partial charge in [0.05, 0.1) is 6.10 Å². The molecular formula is C10H11NO2. The van der Waals surface area contributed by atoms with E-state index in [1.165, 1.54) is 0 Å². The first-order valence-electron chi connectivity index (χ1n) is 4.45. The molecule has 0 aliphatic heterocycles. The van der Waals surface area contributed by atoms with E-state index in [0.29, 0.717) is 24.1 Å². The summed E-state index contributed by atoms with van der Waals surface area (Å²) in [4.78, 5) is 15.5. The normalized spacial score (nSPS) is 22.2. The van der Waals surface area contributed by atoms with Crippen LogP contribution in [0.4, 0.5) is 0 Å².